The average molecular weight is 199 g/mol. The molecule has 0 amide bonds. The Balaban J connectivity index is 2.67. The summed E-state index contributed by atoms with van der Waals surface area (Å²) in [4.78, 5) is 0. The Morgan fingerprint density at radius 3 is 2.64 bits per heavy atom. The normalized spacial score (nSPS) is 12.9. The minimum Gasteiger partial charge on any atom is -0.327 e. The SMILES string of the molecule is CCC[C@H](N)Cc1ccc(F)cc1F. The molecular formula is C11H15F2N. The molecule has 0 aromatic heterocycles. The van der Waals surface area contributed by atoms with Gasteiger partial charge < -0.3 is 5.73 Å². The predicted octanol–water partition coefficient (Wildman–Crippen LogP) is 2.63. The molecule has 0 aliphatic heterocycles. The monoisotopic (exact) mass is 199 g/mol. The molecule has 0 aliphatic rings. The quantitative estimate of drug-likeness (QED) is 0.792. The molecule has 1 aromatic rings. The highest BCUT2D eigenvalue weighted by Crippen LogP contribution is 2.12. The Labute approximate surface area is 82.9 Å². The zero-order valence-corrected chi connectivity index (χ0v) is 8.26. The summed E-state index contributed by atoms with van der Waals surface area (Å²) in [5, 5.41) is 0. The van der Waals surface area contributed by atoms with E-state index in [2.05, 4.69) is 0 Å². The Morgan fingerprint density at radius 1 is 1.36 bits per heavy atom. The van der Waals surface area contributed by atoms with Crippen LogP contribution < -0.4 is 5.73 Å². The van der Waals surface area contributed by atoms with E-state index in [1.54, 1.807) is 0 Å². The van der Waals surface area contributed by atoms with Crippen molar-refractivity contribution in [1.82, 2.24) is 0 Å². The van der Waals surface area contributed by atoms with Crippen molar-refractivity contribution >= 4 is 0 Å². The van der Waals surface area contributed by atoms with Crippen LogP contribution in [0.3, 0.4) is 0 Å². The van der Waals surface area contributed by atoms with E-state index in [0.717, 1.165) is 18.9 Å². The second-order valence-corrected chi connectivity index (χ2v) is 3.49. The molecule has 0 saturated heterocycles. The van der Waals surface area contributed by atoms with Crippen molar-refractivity contribution in [3.8, 4) is 0 Å². The van der Waals surface area contributed by atoms with E-state index in [-0.39, 0.29) is 6.04 Å². The lowest BCUT2D eigenvalue weighted by Crippen LogP contribution is -2.22. The molecule has 0 unspecified atom stereocenters. The van der Waals surface area contributed by atoms with E-state index in [0.29, 0.717) is 12.0 Å². The zero-order valence-electron chi connectivity index (χ0n) is 8.26. The van der Waals surface area contributed by atoms with Crippen LogP contribution in [0.15, 0.2) is 18.2 Å². The van der Waals surface area contributed by atoms with Gasteiger partial charge in [-0.3, -0.25) is 0 Å². The molecule has 1 atom stereocenters. The molecule has 1 rings (SSSR count). The number of halogens is 2. The molecule has 1 aromatic carbocycles. The fraction of sp³-hybridized carbons (Fsp3) is 0.455. The van der Waals surface area contributed by atoms with Gasteiger partial charge in [0.15, 0.2) is 0 Å². The molecule has 0 fully saturated rings. The Bertz CT molecular complexity index is 299. The van der Waals surface area contributed by atoms with Crippen molar-refractivity contribution < 1.29 is 8.78 Å². The van der Waals surface area contributed by atoms with Crippen molar-refractivity contribution in [2.24, 2.45) is 5.73 Å². The van der Waals surface area contributed by atoms with Gasteiger partial charge in [-0.25, -0.2) is 8.78 Å². The smallest absolute Gasteiger partial charge is 0.129 e. The molecule has 14 heavy (non-hydrogen) atoms. The van der Waals surface area contributed by atoms with Crippen molar-refractivity contribution in [2.75, 3.05) is 0 Å². The predicted molar refractivity (Wildman–Crippen MR) is 52.9 cm³/mol. The van der Waals surface area contributed by atoms with Crippen LogP contribution in [0.5, 0.6) is 0 Å². The van der Waals surface area contributed by atoms with Gasteiger partial charge in [-0.05, 0) is 24.5 Å². The van der Waals surface area contributed by atoms with Gasteiger partial charge in [0.25, 0.3) is 0 Å². The number of rotatable bonds is 4. The van der Waals surface area contributed by atoms with Crippen LogP contribution in [-0.4, -0.2) is 6.04 Å². The maximum absolute atomic E-state index is 13.2. The number of nitrogens with two attached hydrogens (primary N) is 1. The summed E-state index contributed by atoms with van der Waals surface area (Å²) < 4.78 is 25.7. The van der Waals surface area contributed by atoms with Crippen molar-refractivity contribution in [2.45, 2.75) is 32.2 Å². The first-order valence-corrected chi connectivity index (χ1v) is 4.83. The lowest BCUT2D eigenvalue weighted by atomic mass is 10.0. The molecular weight excluding hydrogens is 184 g/mol. The van der Waals surface area contributed by atoms with E-state index < -0.39 is 11.6 Å². The minimum absolute atomic E-state index is 0.0417. The summed E-state index contributed by atoms with van der Waals surface area (Å²) in [6, 6.07) is 3.57. The van der Waals surface area contributed by atoms with Crippen molar-refractivity contribution in [3.05, 3.63) is 35.4 Å². The van der Waals surface area contributed by atoms with E-state index >= 15 is 0 Å². The second-order valence-electron chi connectivity index (χ2n) is 3.49. The largest absolute Gasteiger partial charge is 0.327 e. The molecule has 0 saturated carbocycles. The van der Waals surface area contributed by atoms with E-state index in [1.165, 1.54) is 12.1 Å². The van der Waals surface area contributed by atoms with Crippen molar-refractivity contribution in [3.63, 3.8) is 0 Å². The third kappa shape index (κ3) is 3.07. The average Bonchev–Trinajstić information content (AvgIpc) is 2.10. The van der Waals surface area contributed by atoms with Gasteiger partial charge in [-0.15, -0.1) is 0 Å². The summed E-state index contributed by atoms with van der Waals surface area (Å²) in [5.74, 6) is -1.05. The third-order valence-electron chi connectivity index (χ3n) is 2.16. The van der Waals surface area contributed by atoms with Crippen LogP contribution in [0, 0.1) is 11.6 Å². The topological polar surface area (TPSA) is 26.0 Å². The summed E-state index contributed by atoms with van der Waals surface area (Å²) in [6.07, 6.45) is 2.31. The number of hydrogen-bond donors (Lipinski definition) is 1. The zero-order chi connectivity index (χ0) is 10.6. The van der Waals surface area contributed by atoms with Crippen LogP contribution in [0.1, 0.15) is 25.3 Å². The molecule has 0 spiro atoms. The standard InChI is InChI=1S/C11H15F2N/c1-2-3-10(14)6-8-4-5-9(12)7-11(8)13/h4-5,7,10H,2-3,6,14H2,1H3/t10-/m0/s1. The first-order chi connectivity index (χ1) is 6.63. The van der Waals surface area contributed by atoms with Crippen LogP contribution in [0.4, 0.5) is 8.78 Å². The second kappa shape index (κ2) is 5.05. The molecule has 0 radical (unpaired) electrons. The van der Waals surface area contributed by atoms with Gasteiger partial charge in [-0.1, -0.05) is 19.4 Å². The van der Waals surface area contributed by atoms with Gasteiger partial charge in [0.05, 0.1) is 0 Å². The fourth-order valence-corrected chi connectivity index (χ4v) is 1.44. The maximum atomic E-state index is 13.2. The van der Waals surface area contributed by atoms with E-state index in [9.17, 15) is 8.78 Å². The van der Waals surface area contributed by atoms with Crippen molar-refractivity contribution in [1.29, 1.82) is 0 Å². The lowest BCUT2D eigenvalue weighted by Gasteiger charge is -2.10. The molecule has 0 heterocycles. The molecule has 0 aliphatic carbocycles. The van der Waals surface area contributed by atoms with Gasteiger partial charge >= 0.3 is 0 Å². The van der Waals surface area contributed by atoms with Crippen LogP contribution in [0.2, 0.25) is 0 Å². The Kier molecular flexibility index (Phi) is 4.01. The highest BCUT2D eigenvalue weighted by molar-refractivity contribution is 5.19. The highest BCUT2D eigenvalue weighted by Gasteiger charge is 2.08. The summed E-state index contributed by atoms with van der Waals surface area (Å²) in [5.41, 5.74) is 6.26. The summed E-state index contributed by atoms with van der Waals surface area (Å²) in [7, 11) is 0. The third-order valence-corrected chi connectivity index (χ3v) is 2.16. The van der Waals surface area contributed by atoms with Gasteiger partial charge in [0.2, 0.25) is 0 Å². The molecule has 2 N–H and O–H groups in total. The van der Waals surface area contributed by atoms with E-state index in [4.69, 9.17) is 5.73 Å². The minimum atomic E-state index is -0.546. The van der Waals surface area contributed by atoms with E-state index in [1.807, 2.05) is 6.92 Å². The molecule has 1 nitrogen and oxygen atoms in total. The van der Waals surface area contributed by atoms with Crippen LogP contribution in [0.25, 0.3) is 0 Å². The summed E-state index contributed by atoms with van der Waals surface area (Å²) >= 11 is 0. The van der Waals surface area contributed by atoms with Gasteiger partial charge in [-0.2, -0.15) is 0 Å². The number of hydrogen-bond acceptors (Lipinski definition) is 1. The molecule has 78 valence electrons. The van der Waals surface area contributed by atoms with Crippen LogP contribution in [-0.2, 0) is 6.42 Å². The van der Waals surface area contributed by atoms with Gasteiger partial charge in [0.1, 0.15) is 11.6 Å². The Hall–Kier alpha value is -0.960. The number of benzene rings is 1. The maximum Gasteiger partial charge on any atom is 0.129 e. The fourth-order valence-electron chi connectivity index (χ4n) is 1.44. The molecule has 0 bridgehead atoms. The molecule has 3 heteroatoms. The van der Waals surface area contributed by atoms with Gasteiger partial charge in [0, 0.05) is 12.1 Å². The Morgan fingerprint density at radius 2 is 2.07 bits per heavy atom. The summed E-state index contributed by atoms with van der Waals surface area (Å²) in [6.45, 7) is 2.03. The highest BCUT2D eigenvalue weighted by atomic mass is 19.1. The first-order valence-electron chi connectivity index (χ1n) is 4.83. The lowest BCUT2D eigenvalue weighted by molar-refractivity contribution is 0.546. The first kappa shape index (κ1) is 11.1. The van der Waals surface area contributed by atoms with Crippen LogP contribution >= 0.6 is 0 Å².